The van der Waals surface area contributed by atoms with Gasteiger partial charge in [-0.05, 0) is 38.2 Å². The molecule has 0 atom stereocenters. The lowest BCUT2D eigenvalue weighted by atomic mass is 10.1. The van der Waals surface area contributed by atoms with Gasteiger partial charge in [-0.2, -0.15) is 9.97 Å². The van der Waals surface area contributed by atoms with E-state index in [-0.39, 0.29) is 5.91 Å². The van der Waals surface area contributed by atoms with Crippen LogP contribution in [0.1, 0.15) is 17.3 Å². The lowest BCUT2D eigenvalue weighted by molar-refractivity contribution is 0.0664. The minimum absolute atomic E-state index is 0.0103. The molecule has 0 unspecified atom stereocenters. The van der Waals surface area contributed by atoms with Crippen LogP contribution in [0.15, 0.2) is 30.5 Å². The smallest absolute Gasteiger partial charge is 0.254 e. The molecule has 32 heavy (non-hydrogen) atoms. The third-order valence-electron chi connectivity index (χ3n) is 5.32. The van der Waals surface area contributed by atoms with E-state index in [1.807, 2.05) is 34.1 Å². The van der Waals surface area contributed by atoms with Gasteiger partial charge < -0.3 is 24.6 Å². The van der Waals surface area contributed by atoms with E-state index in [1.165, 1.54) is 9.12 Å². The van der Waals surface area contributed by atoms with Gasteiger partial charge in [-0.15, -0.1) is 0 Å². The number of halogens is 1. The summed E-state index contributed by atoms with van der Waals surface area (Å²) in [5, 5.41) is 4.07. The third kappa shape index (κ3) is 4.74. The van der Waals surface area contributed by atoms with E-state index in [0.717, 1.165) is 37.2 Å². The molecule has 170 valence electrons. The van der Waals surface area contributed by atoms with E-state index in [1.54, 1.807) is 19.2 Å². The molecule has 0 saturated carbocycles. The van der Waals surface area contributed by atoms with Crippen LogP contribution >= 0.6 is 30.3 Å². The molecule has 1 aromatic carbocycles. The van der Waals surface area contributed by atoms with Gasteiger partial charge in [-0.25, -0.2) is 0 Å². The van der Waals surface area contributed by atoms with Crippen LogP contribution in [-0.2, 0) is 0 Å². The molecule has 3 heterocycles. The van der Waals surface area contributed by atoms with Crippen molar-refractivity contribution in [1.82, 2.24) is 23.7 Å². The molecule has 0 radical (unpaired) electrons. The van der Waals surface area contributed by atoms with Gasteiger partial charge in [0, 0.05) is 68.3 Å². The van der Waals surface area contributed by atoms with Crippen molar-refractivity contribution in [2.45, 2.75) is 6.92 Å². The van der Waals surface area contributed by atoms with Crippen LogP contribution in [0.4, 0.5) is 11.6 Å². The standard InChI is InChI=1S/C21H25IN6O3S/c1-4-31-19-15-7-8-28(32-22)18(15)24-21(25-19)23-16-6-5-14(13-17(16)30-3)20(29)27-11-9-26(2)10-12-27/h5-8,13H,4,9-12H2,1-3H3,(H,23,24,25). The Morgan fingerprint density at radius 2 is 2.00 bits per heavy atom. The minimum Gasteiger partial charge on any atom is -0.495 e. The molecule has 1 amide bonds. The second kappa shape index (κ2) is 10.1. The largest absolute Gasteiger partial charge is 0.495 e. The van der Waals surface area contributed by atoms with E-state index in [9.17, 15) is 4.79 Å². The van der Waals surface area contributed by atoms with Crippen LogP contribution < -0.4 is 14.8 Å². The molecular weight excluding hydrogens is 543 g/mol. The SMILES string of the molecule is CCOc1nc(Nc2ccc(C(=O)N3CCN(C)CC3)cc2OC)nc2c1ccn2SI. The Balaban J connectivity index is 1.61. The Hall–Kier alpha value is -2.25. The van der Waals surface area contributed by atoms with Crippen LogP contribution in [-0.4, -0.2) is 76.6 Å². The Morgan fingerprint density at radius 1 is 1.22 bits per heavy atom. The molecule has 1 aliphatic heterocycles. The number of carbonyl (C=O) groups excluding carboxylic acids is 1. The summed E-state index contributed by atoms with van der Waals surface area (Å²) in [4.78, 5) is 26.2. The summed E-state index contributed by atoms with van der Waals surface area (Å²) in [5.74, 6) is 1.47. The zero-order valence-electron chi connectivity index (χ0n) is 18.2. The molecule has 0 bridgehead atoms. The second-order valence-corrected chi connectivity index (χ2v) is 9.08. The number of carbonyl (C=O) groups is 1. The maximum absolute atomic E-state index is 12.9. The van der Waals surface area contributed by atoms with Crippen molar-refractivity contribution >= 4 is 58.9 Å². The fourth-order valence-electron chi connectivity index (χ4n) is 3.56. The van der Waals surface area contributed by atoms with E-state index in [0.29, 0.717) is 35.4 Å². The fourth-order valence-corrected chi connectivity index (χ4v) is 4.83. The number of nitrogens with one attached hydrogen (secondary N) is 1. The van der Waals surface area contributed by atoms with E-state index in [4.69, 9.17) is 9.47 Å². The first-order valence-corrected chi connectivity index (χ1v) is 13.6. The quantitative estimate of drug-likeness (QED) is 0.431. The summed E-state index contributed by atoms with van der Waals surface area (Å²) in [6, 6.07) is 7.32. The van der Waals surface area contributed by atoms with Crippen molar-refractivity contribution < 1.29 is 14.3 Å². The molecule has 1 N–H and O–H groups in total. The number of piperazine rings is 1. The number of anilines is 2. The Kier molecular flexibility index (Phi) is 7.26. The number of hydrogen-bond acceptors (Lipinski definition) is 8. The lowest BCUT2D eigenvalue weighted by Gasteiger charge is -2.32. The van der Waals surface area contributed by atoms with Crippen LogP contribution in [0.3, 0.4) is 0 Å². The highest BCUT2D eigenvalue weighted by Gasteiger charge is 2.22. The van der Waals surface area contributed by atoms with Crippen LogP contribution in [0.5, 0.6) is 11.6 Å². The highest BCUT2D eigenvalue weighted by molar-refractivity contribution is 14.2. The number of methoxy groups -OCH3 is 1. The Bertz CT molecular complexity index is 1120. The molecule has 11 heteroatoms. The molecule has 1 fully saturated rings. The number of hydrogen-bond donors (Lipinski definition) is 1. The van der Waals surface area contributed by atoms with E-state index in [2.05, 4.69) is 48.4 Å². The van der Waals surface area contributed by atoms with Gasteiger partial charge in [-0.3, -0.25) is 8.77 Å². The van der Waals surface area contributed by atoms with Gasteiger partial charge >= 0.3 is 0 Å². The molecule has 0 spiro atoms. The second-order valence-electron chi connectivity index (χ2n) is 7.37. The maximum Gasteiger partial charge on any atom is 0.254 e. The topological polar surface area (TPSA) is 84.8 Å². The van der Waals surface area contributed by atoms with Crippen molar-refractivity contribution in [3.8, 4) is 11.6 Å². The lowest BCUT2D eigenvalue weighted by Crippen LogP contribution is -2.47. The predicted molar refractivity (Wildman–Crippen MR) is 135 cm³/mol. The summed E-state index contributed by atoms with van der Waals surface area (Å²) in [5.41, 5.74) is 2.02. The molecule has 2 aromatic heterocycles. The normalized spacial score (nSPS) is 14.6. The highest BCUT2D eigenvalue weighted by Crippen LogP contribution is 2.33. The zero-order valence-corrected chi connectivity index (χ0v) is 21.1. The van der Waals surface area contributed by atoms with Gasteiger partial charge in [0.25, 0.3) is 5.91 Å². The number of benzene rings is 1. The number of ether oxygens (including phenoxy) is 2. The average Bonchev–Trinajstić information content (AvgIpc) is 3.23. The number of amides is 1. The number of aromatic nitrogens is 3. The summed E-state index contributed by atoms with van der Waals surface area (Å²) >= 11 is 2.21. The number of rotatable bonds is 7. The number of nitrogens with zero attached hydrogens (tertiary/aromatic N) is 5. The Morgan fingerprint density at radius 3 is 2.69 bits per heavy atom. The van der Waals surface area contributed by atoms with Crippen LogP contribution in [0, 0.1) is 0 Å². The van der Waals surface area contributed by atoms with E-state index >= 15 is 0 Å². The molecule has 3 aromatic rings. The Labute approximate surface area is 203 Å². The first-order valence-electron chi connectivity index (χ1n) is 10.3. The van der Waals surface area contributed by atoms with Crippen molar-refractivity contribution in [2.75, 3.05) is 52.3 Å². The summed E-state index contributed by atoms with van der Waals surface area (Å²) in [6.45, 7) is 5.62. The molecular formula is C21H25IN6O3S. The van der Waals surface area contributed by atoms with E-state index < -0.39 is 0 Å². The average molecular weight is 568 g/mol. The van der Waals surface area contributed by atoms with Gasteiger partial charge in [-0.1, -0.05) is 0 Å². The first-order chi connectivity index (χ1) is 15.5. The molecule has 4 rings (SSSR count). The monoisotopic (exact) mass is 568 g/mol. The third-order valence-corrected chi connectivity index (χ3v) is 7.03. The van der Waals surface area contributed by atoms with Crippen molar-refractivity contribution in [3.05, 3.63) is 36.0 Å². The van der Waals surface area contributed by atoms with Crippen LogP contribution in [0.25, 0.3) is 11.0 Å². The maximum atomic E-state index is 12.9. The summed E-state index contributed by atoms with van der Waals surface area (Å²) in [7, 11) is 5.16. The predicted octanol–water partition coefficient (Wildman–Crippen LogP) is 3.82. The minimum atomic E-state index is 0.0103. The summed E-state index contributed by atoms with van der Waals surface area (Å²) in [6.07, 6.45) is 1.93. The van der Waals surface area contributed by atoms with Crippen molar-refractivity contribution in [1.29, 1.82) is 0 Å². The molecule has 1 aliphatic rings. The zero-order chi connectivity index (χ0) is 22.7. The molecule has 1 saturated heterocycles. The van der Waals surface area contributed by atoms with Crippen molar-refractivity contribution in [2.24, 2.45) is 0 Å². The van der Waals surface area contributed by atoms with Crippen molar-refractivity contribution in [3.63, 3.8) is 0 Å². The molecule has 9 nitrogen and oxygen atoms in total. The first kappa shape index (κ1) is 22.9. The van der Waals surface area contributed by atoms with Gasteiger partial charge in [0.15, 0.2) is 5.65 Å². The fraction of sp³-hybridized carbons (Fsp3) is 0.381. The van der Waals surface area contributed by atoms with Crippen LogP contribution in [0.2, 0.25) is 0 Å². The van der Waals surface area contributed by atoms with Gasteiger partial charge in [0.1, 0.15) is 5.75 Å². The number of likely N-dealkylation sites (N-methyl/N-ethyl adjacent to an activating group) is 1. The number of fused-ring (bicyclic) bond motifs is 1. The molecule has 0 aliphatic carbocycles. The highest BCUT2D eigenvalue weighted by atomic mass is 127. The summed E-state index contributed by atoms with van der Waals surface area (Å²) < 4.78 is 13.3. The van der Waals surface area contributed by atoms with Gasteiger partial charge in [0.05, 0.1) is 24.8 Å². The van der Waals surface area contributed by atoms with Gasteiger partial charge in [0.2, 0.25) is 11.8 Å².